The minimum atomic E-state index is -0.419. The number of rotatable bonds is 3. The van der Waals surface area contributed by atoms with Gasteiger partial charge in [-0.05, 0) is 42.0 Å². The topological polar surface area (TPSA) is 68.4 Å². The standard InChI is InChI=1S/C16H11N3O2/c20-19(21)13-8-6-12(7-9-13)11-18-16-5-1-4-15-14(16)3-2-10-17-15/h1-11H. The van der Waals surface area contributed by atoms with E-state index in [1.54, 1.807) is 24.5 Å². The summed E-state index contributed by atoms with van der Waals surface area (Å²) in [6.07, 6.45) is 3.43. The van der Waals surface area contributed by atoms with Gasteiger partial charge in [-0.25, -0.2) is 0 Å². The van der Waals surface area contributed by atoms with Crippen molar-refractivity contribution in [3.8, 4) is 0 Å². The minimum Gasteiger partial charge on any atom is -0.258 e. The molecule has 0 aliphatic carbocycles. The molecule has 0 unspecified atom stereocenters. The minimum absolute atomic E-state index is 0.0708. The van der Waals surface area contributed by atoms with Crippen molar-refractivity contribution in [3.63, 3.8) is 0 Å². The van der Waals surface area contributed by atoms with Crippen molar-refractivity contribution in [2.45, 2.75) is 0 Å². The van der Waals surface area contributed by atoms with Gasteiger partial charge in [-0.15, -0.1) is 0 Å². The van der Waals surface area contributed by atoms with Gasteiger partial charge in [0.15, 0.2) is 0 Å². The van der Waals surface area contributed by atoms with Gasteiger partial charge in [-0.2, -0.15) is 0 Å². The fraction of sp³-hybridized carbons (Fsp3) is 0. The van der Waals surface area contributed by atoms with Crippen LogP contribution < -0.4 is 0 Å². The van der Waals surface area contributed by atoms with Crippen molar-refractivity contribution in [1.29, 1.82) is 0 Å². The summed E-state index contributed by atoms with van der Waals surface area (Å²) in [4.78, 5) is 18.9. The van der Waals surface area contributed by atoms with E-state index in [1.807, 2.05) is 30.3 Å². The summed E-state index contributed by atoms with van der Waals surface area (Å²) < 4.78 is 0. The van der Waals surface area contributed by atoms with Gasteiger partial charge in [-0.3, -0.25) is 20.1 Å². The molecule has 3 aromatic rings. The van der Waals surface area contributed by atoms with Gasteiger partial charge >= 0.3 is 0 Å². The molecule has 0 amide bonds. The highest BCUT2D eigenvalue weighted by atomic mass is 16.6. The first-order valence-corrected chi connectivity index (χ1v) is 6.36. The molecule has 0 spiro atoms. The third kappa shape index (κ3) is 2.76. The Kier molecular flexibility index (Phi) is 3.39. The molecule has 0 saturated carbocycles. The number of hydrogen-bond acceptors (Lipinski definition) is 4. The van der Waals surface area contributed by atoms with Crippen LogP contribution in [0, 0.1) is 10.1 Å². The van der Waals surface area contributed by atoms with Crippen LogP contribution in [0.2, 0.25) is 0 Å². The number of fused-ring (bicyclic) bond motifs is 1. The Morgan fingerprint density at radius 3 is 2.62 bits per heavy atom. The SMILES string of the molecule is O=[N+]([O-])c1ccc(C=Nc2cccc3ncccc23)cc1. The van der Waals surface area contributed by atoms with Crippen LogP contribution in [-0.4, -0.2) is 16.1 Å². The number of nitro benzene ring substituents is 1. The van der Waals surface area contributed by atoms with Crippen molar-refractivity contribution >= 4 is 28.5 Å². The number of benzene rings is 2. The van der Waals surface area contributed by atoms with Gasteiger partial charge in [0.05, 0.1) is 16.1 Å². The molecule has 2 aromatic carbocycles. The summed E-state index contributed by atoms with van der Waals surface area (Å²) in [5, 5.41) is 11.6. The molecular weight excluding hydrogens is 266 g/mol. The second kappa shape index (κ2) is 5.50. The van der Waals surface area contributed by atoms with Gasteiger partial charge < -0.3 is 0 Å². The molecule has 102 valence electrons. The third-order valence-corrected chi connectivity index (χ3v) is 3.08. The van der Waals surface area contributed by atoms with Crippen LogP contribution >= 0.6 is 0 Å². The van der Waals surface area contributed by atoms with E-state index < -0.39 is 4.92 Å². The normalized spacial score (nSPS) is 11.0. The molecule has 1 heterocycles. The second-order valence-electron chi connectivity index (χ2n) is 4.45. The molecule has 0 aliphatic heterocycles. The quantitative estimate of drug-likeness (QED) is 0.414. The molecule has 0 aliphatic rings. The molecule has 0 saturated heterocycles. The average molecular weight is 277 g/mol. The predicted octanol–water partition coefficient (Wildman–Crippen LogP) is 3.89. The summed E-state index contributed by atoms with van der Waals surface area (Å²) in [5.74, 6) is 0. The van der Waals surface area contributed by atoms with E-state index in [1.165, 1.54) is 12.1 Å². The van der Waals surface area contributed by atoms with Crippen molar-refractivity contribution in [3.05, 3.63) is 76.5 Å². The lowest BCUT2D eigenvalue weighted by atomic mass is 10.2. The molecule has 0 N–H and O–H groups in total. The van der Waals surface area contributed by atoms with Crippen molar-refractivity contribution in [2.24, 2.45) is 4.99 Å². The zero-order valence-electron chi connectivity index (χ0n) is 11.0. The first kappa shape index (κ1) is 12.9. The lowest BCUT2D eigenvalue weighted by Crippen LogP contribution is -1.88. The predicted molar refractivity (Wildman–Crippen MR) is 82.1 cm³/mol. The van der Waals surface area contributed by atoms with E-state index >= 15 is 0 Å². The number of non-ortho nitro benzene ring substituents is 1. The summed E-state index contributed by atoms with van der Waals surface area (Å²) in [6.45, 7) is 0. The summed E-state index contributed by atoms with van der Waals surface area (Å²) >= 11 is 0. The highest BCUT2D eigenvalue weighted by molar-refractivity contribution is 5.93. The Labute approximate surface area is 120 Å². The molecule has 0 fully saturated rings. The number of aromatic nitrogens is 1. The van der Waals surface area contributed by atoms with Gasteiger partial charge in [-0.1, -0.05) is 6.07 Å². The first-order chi connectivity index (χ1) is 10.2. The number of aliphatic imine (C=N–C) groups is 1. The van der Waals surface area contributed by atoms with Crippen molar-refractivity contribution < 1.29 is 4.92 Å². The Morgan fingerprint density at radius 1 is 1.05 bits per heavy atom. The summed E-state index contributed by atoms with van der Waals surface area (Å²) in [5.41, 5.74) is 2.58. The highest BCUT2D eigenvalue weighted by Crippen LogP contribution is 2.24. The van der Waals surface area contributed by atoms with Gasteiger partial charge in [0, 0.05) is 29.9 Å². The molecule has 0 bridgehead atoms. The van der Waals surface area contributed by atoms with Gasteiger partial charge in [0.1, 0.15) is 0 Å². The Balaban J connectivity index is 1.92. The number of pyridine rings is 1. The maximum absolute atomic E-state index is 10.6. The van der Waals surface area contributed by atoms with E-state index in [4.69, 9.17) is 0 Å². The third-order valence-electron chi connectivity index (χ3n) is 3.08. The Bertz CT molecular complexity index is 821. The van der Waals surface area contributed by atoms with Crippen molar-refractivity contribution in [2.75, 3.05) is 0 Å². The van der Waals surface area contributed by atoms with Crippen LogP contribution in [0.3, 0.4) is 0 Å². The Hall–Kier alpha value is -3.08. The lowest BCUT2D eigenvalue weighted by molar-refractivity contribution is -0.384. The van der Waals surface area contributed by atoms with E-state index in [-0.39, 0.29) is 5.69 Å². The summed E-state index contributed by atoms with van der Waals surface area (Å²) in [6, 6.07) is 15.8. The summed E-state index contributed by atoms with van der Waals surface area (Å²) in [7, 11) is 0. The van der Waals surface area contributed by atoms with E-state index in [2.05, 4.69) is 9.98 Å². The number of nitrogens with zero attached hydrogens (tertiary/aromatic N) is 3. The number of hydrogen-bond donors (Lipinski definition) is 0. The second-order valence-corrected chi connectivity index (χ2v) is 4.45. The monoisotopic (exact) mass is 277 g/mol. The smallest absolute Gasteiger partial charge is 0.258 e. The Morgan fingerprint density at radius 2 is 1.86 bits per heavy atom. The zero-order valence-corrected chi connectivity index (χ0v) is 11.0. The molecule has 21 heavy (non-hydrogen) atoms. The fourth-order valence-electron chi connectivity index (χ4n) is 2.03. The molecule has 3 rings (SSSR count). The molecule has 0 atom stereocenters. The zero-order chi connectivity index (χ0) is 14.7. The van der Waals surface area contributed by atoms with E-state index in [0.29, 0.717) is 0 Å². The molecule has 1 aromatic heterocycles. The highest BCUT2D eigenvalue weighted by Gasteiger charge is 2.03. The van der Waals surface area contributed by atoms with Crippen LogP contribution in [0.5, 0.6) is 0 Å². The molecule has 5 nitrogen and oxygen atoms in total. The van der Waals surface area contributed by atoms with Crippen LogP contribution in [0.25, 0.3) is 10.9 Å². The average Bonchev–Trinajstić information content (AvgIpc) is 2.53. The number of nitro groups is 1. The van der Waals surface area contributed by atoms with Crippen molar-refractivity contribution in [1.82, 2.24) is 4.98 Å². The maximum atomic E-state index is 10.6. The molecule has 0 radical (unpaired) electrons. The van der Waals surface area contributed by atoms with Crippen LogP contribution in [0.15, 0.2) is 65.8 Å². The van der Waals surface area contributed by atoms with Crippen LogP contribution in [-0.2, 0) is 0 Å². The van der Waals surface area contributed by atoms with Gasteiger partial charge in [0.25, 0.3) is 5.69 Å². The van der Waals surface area contributed by atoms with Crippen LogP contribution in [0.4, 0.5) is 11.4 Å². The largest absolute Gasteiger partial charge is 0.269 e. The van der Waals surface area contributed by atoms with Crippen LogP contribution in [0.1, 0.15) is 5.56 Å². The van der Waals surface area contributed by atoms with E-state index in [9.17, 15) is 10.1 Å². The molecular formula is C16H11N3O2. The fourth-order valence-corrected chi connectivity index (χ4v) is 2.03. The van der Waals surface area contributed by atoms with E-state index in [0.717, 1.165) is 22.2 Å². The maximum Gasteiger partial charge on any atom is 0.269 e. The first-order valence-electron chi connectivity index (χ1n) is 6.36. The van der Waals surface area contributed by atoms with Gasteiger partial charge in [0.2, 0.25) is 0 Å². The lowest BCUT2D eigenvalue weighted by Gasteiger charge is -2.00. The molecule has 5 heteroatoms.